The van der Waals surface area contributed by atoms with E-state index in [0.717, 1.165) is 0 Å². The molecule has 2 rings (SSSR count). The fourth-order valence-electron chi connectivity index (χ4n) is 1.71. The first-order valence-electron chi connectivity index (χ1n) is 4.99. The molecule has 0 radical (unpaired) electrons. The molecule has 0 aliphatic carbocycles. The van der Waals surface area contributed by atoms with E-state index in [1.165, 1.54) is 6.07 Å². The van der Waals surface area contributed by atoms with Crippen LogP contribution in [-0.2, 0) is 4.74 Å². The molecule has 6 heteroatoms. The van der Waals surface area contributed by atoms with Gasteiger partial charge < -0.3 is 9.64 Å². The third-order valence-electron chi connectivity index (χ3n) is 2.46. The molecule has 5 nitrogen and oxygen atoms in total. The van der Waals surface area contributed by atoms with Crippen LogP contribution in [0.5, 0.6) is 0 Å². The molecule has 1 aromatic rings. The maximum absolute atomic E-state index is 13.5. The summed E-state index contributed by atoms with van der Waals surface area (Å²) in [6.07, 6.45) is 0. The van der Waals surface area contributed by atoms with Gasteiger partial charge in [0.2, 0.25) is 0 Å². The Balaban J connectivity index is 2.38. The third-order valence-corrected chi connectivity index (χ3v) is 2.46. The highest BCUT2D eigenvalue weighted by molar-refractivity contribution is 5.67. The zero-order valence-corrected chi connectivity index (χ0v) is 8.64. The molecule has 0 aromatic heterocycles. The highest BCUT2D eigenvalue weighted by Crippen LogP contribution is 2.31. The molecule has 1 aromatic carbocycles. The van der Waals surface area contributed by atoms with E-state index >= 15 is 0 Å². The minimum Gasteiger partial charge on any atom is -0.378 e. The normalized spacial score (nSPS) is 15.7. The number of benzene rings is 1. The molecule has 1 aliphatic heterocycles. The number of ether oxygens (including phenoxy) is 1. The number of anilines is 1. The first kappa shape index (κ1) is 10.7. The predicted molar refractivity (Wildman–Crippen MR) is 58.2 cm³/mol. The Bertz CT molecular complexity index is 425. The monoisotopic (exact) mass is 222 g/mol. The average Bonchev–Trinajstić information content (AvgIpc) is 2.33. The SMILES string of the molecule is [N-]=[N+]=Nc1c(F)cccc1N1CCOCC1. The summed E-state index contributed by atoms with van der Waals surface area (Å²) in [6.45, 7) is 2.56. The zero-order chi connectivity index (χ0) is 11.4. The van der Waals surface area contributed by atoms with Crippen LogP contribution in [0.1, 0.15) is 0 Å². The number of hydrogen-bond donors (Lipinski definition) is 0. The molecule has 16 heavy (non-hydrogen) atoms. The molecule has 84 valence electrons. The van der Waals surface area contributed by atoms with Crippen molar-refractivity contribution in [2.75, 3.05) is 31.2 Å². The van der Waals surface area contributed by atoms with Gasteiger partial charge in [0.15, 0.2) is 0 Å². The molecule has 0 amide bonds. The van der Waals surface area contributed by atoms with Crippen LogP contribution in [0.4, 0.5) is 15.8 Å². The lowest BCUT2D eigenvalue weighted by Crippen LogP contribution is -2.36. The van der Waals surface area contributed by atoms with Crippen molar-refractivity contribution in [1.29, 1.82) is 0 Å². The quantitative estimate of drug-likeness (QED) is 0.438. The Labute approximate surface area is 92.1 Å². The minimum absolute atomic E-state index is 0.0619. The maximum atomic E-state index is 13.5. The van der Waals surface area contributed by atoms with Gasteiger partial charge in [-0.05, 0) is 17.7 Å². The van der Waals surface area contributed by atoms with Gasteiger partial charge in [-0.15, -0.1) is 0 Å². The largest absolute Gasteiger partial charge is 0.378 e. The Hall–Kier alpha value is -1.78. The number of nitrogens with zero attached hydrogens (tertiary/aromatic N) is 4. The third kappa shape index (κ3) is 2.08. The number of azide groups is 1. The van der Waals surface area contributed by atoms with E-state index in [-0.39, 0.29) is 5.69 Å². The van der Waals surface area contributed by atoms with Crippen LogP contribution in [0.25, 0.3) is 10.4 Å². The first-order chi connectivity index (χ1) is 7.83. The van der Waals surface area contributed by atoms with E-state index in [1.807, 2.05) is 4.90 Å². The molecular formula is C10H11FN4O. The predicted octanol–water partition coefficient (Wildman–Crippen LogP) is 2.60. The highest BCUT2D eigenvalue weighted by atomic mass is 19.1. The lowest BCUT2D eigenvalue weighted by atomic mass is 10.2. The van der Waals surface area contributed by atoms with Crippen LogP contribution < -0.4 is 4.90 Å². The van der Waals surface area contributed by atoms with E-state index in [4.69, 9.17) is 10.3 Å². The molecule has 1 aliphatic rings. The second-order valence-electron chi connectivity index (χ2n) is 3.40. The number of morpholine rings is 1. The van der Waals surface area contributed by atoms with Crippen LogP contribution in [0.2, 0.25) is 0 Å². The van der Waals surface area contributed by atoms with Gasteiger partial charge in [-0.2, -0.15) is 0 Å². The van der Waals surface area contributed by atoms with Crippen molar-refractivity contribution in [2.24, 2.45) is 5.11 Å². The molecule has 1 saturated heterocycles. The van der Waals surface area contributed by atoms with Gasteiger partial charge in [0, 0.05) is 23.7 Å². The van der Waals surface area contributed by atoms with E-state index in [9.17, 15) is 4.39 Å². The van der Waals surface area contributed by atoms with Crippen molar-refractivity contribution in [2.45, 2.75) is 0 Å². The summed E-state index contributed by atoms with van der Waals surface area (Å²) < 4.78 is 18.7. The molecular weight excluding hydrogens is 211 g/mol. The minimum atomic E-state index is -0.498. The van der Waals surface area contributed by atoms with Crippen molar-refractivity contribution in [3.05, 3.63) is 34.5 Å². The molecule has 0 spiro atoms. The summed E-state index contributed by atoms with van der Waals surface area (Å²) in [5.74, 6) is -0.498. The van der Waals surface area contributed by atoms with Gasteiger partial charge >= 0.3 is 0 Å². The summed E-state index contributed by atoms with van der Waals surface area (Å²) in [6, 6.07) is 4.64. The first-order valence-corrected chi connectivity index (χ1v) is 4.99. The van der Waals surface area contributed by atoms with Crippen LogP contribution in [0.15, 0.2) is 23.3 Å². The van der Waals surface area contributed by atoms with E-state index in [2.05, 4.69) is 10.0 Å². The Morgan fingerprint density at radius 2 is 2.12 bits per heavy atom. The highest BCUT2D eigenvalue weighted by Gasteiger charge is 2.16. The topological polar surface area (TPSA) is 61.2 Å². The zero-order valence-electron chi connectivity index (χ0n) is 8.64. The summed E-state index contributed by atoms with van der Waals surface area (Å²) >= 11 is 0. The van der Waals surface area contributed by atoms with E-state index in [1.54, 1.807) is 12.1 Å². The van der Waals surface area contributed by atoms with Gasteiger partial charge in [0.05, 0.1) is 18.9 Å². The van der Waals surface area contributed by atoms with Crippen LogP contribution in [0.3, 0.4) is 0 Å². The standard InChI is InChI=1S/C10H11FN4O/c11-8-2-1-3-9(10(8)13-14-12)15-4-6-16-7-5-15/h1-3H,4-7H2. The van der Waals surface area contributed by atoms with Crippen molar-refractivity contribution < 1.29 is 9.13 Å². The Morgan fingerprint density at radius 1 is 1.38 bits per heavy atom. The lowest BCUT2D eigenvalue weighted by molar-refractivity contribution is 0.122. The maximum Gasteiger partial charge on any atom is 0.134 e. The smallest absolute Gasteiger partial charge is 0.134 e. The van der Waals surface area contributed by atoms with Crippen LogP contribution in [0, 0.1) is 5.82 Å². The number of hydrogen-bond acceptors (Lipinski definition) is 3. The summed E-state index contributed by atoms with van der Waals surface area (Å²) in [5.41, 5.74) is 9.10. The van der Waals surface area contributed by atoms with Gasteiger partial charge in [-0.1, -0.05) is 11.2 Å². The Kier molecular flexibility index (Phi) is 3.24. The fraction of sp³-hybridized carbons (Fsp3) is 0.400. The van der Waals surface area contributed by atoms with Crippen molar-refractivity contribution >= 4 is 11.4 Å². The molecule has 1 heterocycles. The fourth-order valence-corrected chi connectivity index (χ4v) is 1.71. The van der Waals surface area contributed by atoms with Gasteiger partial charge in [-0.3, -0.25) is 0 Å². The van der Waals surface area contributed by atoms with Gasteiger partial charge in [0.25, 0.3) is 0 Å². The van der Waals surface area contributed by atoms with Crippen LogP contribution in [-0.4, -0.2) is 26.3 Å². The average molecular weight is 222 g/mol. The molecule has 0 atom stereocenters. The van der Waals surface area contributed by atoms with Crippen molar-refractivity contribution in [3.8, 4) is 0 Å². The van der Waals surface area contributed by atoms with Gasteiger partial charge in [-0.25, -0.2) is 4.39 Å². The molecule has 0 saturated carbocycles. The molecule has 0 N–H and O–H groups in total. The number of rotatable bonds is 2. The second kappa shape index (κ2) is 4.83. The molecule has 0 bridgehead atoms. The van der Waals surface area contributed by atoms with E-state index in [0.29, 0.717) is 32.0 Å². The summed E-state index contributed by atoms with van der Waals surface area (Å²) in [5, 5.41) is 3.40. The second-order valence-corrected chi connectivity index (χ2v) is 3.40. The lowest BCUT2D eigenvalue weighted by Gasteiger charge is -2.29. The van der Waals surface area contributed by atoms with E-state index < -0.39 is 5.82 Å². The summed E-state index contributed by atoms with van der Waals surface area (Å²) in [4.78, 5) is 4.60. The Morgan fingerprint density at radius 3 is 2.81 bits per heavy atom. The van der Waals surface area contributed by atoms with Crippen molar-refractivity contribution in [3.63, 3.8) is 0 Å². The summed E-state index contributed by atoms with van der Waals surface area (Å²) in [7, 11) is 0. The van der Waals surface area contributed by atoms with Crippen molar-refractivity contribution in [1.82, 2.24) is 0 Å². The molecule has 0 unspecified atom stereocenters. The van der Waals surface area contributed by atoms with Crippen LogP contribution >= 0.6 is 0 Å². The van der Waals surface area contributed by atoms with Gasteiger partial charge in [0.1, 0.15) is 5.82 Å². The number of halogens is 1. The molecule has 1 fully saturated rings.